The number of piperidine rings is 1. The van der Waals surface area contributed by atoms with Crippen molar-refractivity contribution in [2.45, 2.75) is 19.4 Å². The van der Waals surface area contributed by atoms with Gasteiger partial charge in [0.1, 0.15) is 5.82 Å². The first-order chi connectivity index (χ1) is 13.1. The van der Waals surface area contributed by atoms with Crippen molar-refractivity contribution in [2.24, 2.45) is 5.92 Å². The first-order valence-corrected chi connectivity index (χ1v) is 9.68. The molecule has 0 unspecified atom stereocenters. The summed E-state index contributed by atoms with van der Waals surface area (Å²) in [7, 11) is 0. The van der Waals surface area contributed by atoms with Crippen molar-refractivity contribution in [3.05, 3.63) is 64.9 Å². The van der Waals surface area contributed by atoms with E-state index in [1.165, 1.54) is 12.1 Å². The average molecular weight is 385 g/mol. The summed E-state index contributed by atoms with van der Waals surface area (Å²) < 4.78 is 13.7. The maximum Gasteiger partial charge on any atom is 0.125 e. The van der Waals surface area contributed by atoms with E-state index in [-0.39, 0.29) is 12.4 Å². The molecule has 3 nitrogen and oxygen atoms in total. The highest BCUT2D eigenvalue weighted by molar-refractivity contribution is 6.30. The number of rotatable bonds is 4. The number of fused-ring (bicyclic) bond motifs is 1. The summed E-state index contributed by atoms with van der Waals surface area (Å²) in [6, 6.07) is 14.4. The van der Waals surface area contributed by atoms with Gasteiger partial charge in [-0.05, 0) is 61.2 Å². The van der Waals surface area contributed by atoms with Gasteiger partial charge in [-0.1, -0.05) is 23.7 Å². The summed E-state index contributed by atoms with van der Waals surface area (Å²) in [4.78, 5) is 7.14. The van der Waals surface area contributed by atoms with Gasteiger partial charge in [-0.2, -0.15) is 0 Å². The molecule has 4 rings (SSSR count). The molecule has 1 N–H and O–H groups in total. The first kappa shape index (κ1) is 18.4. The normalized spacial score (nSPS) is 18.1. The Hall–Kier alpha value is -2.01. The van der Waals surface area contributed by atoms with E-state index >= 15 is 0 Å². The van der Waals surface area contributed by atoms with Crippen molar-refractivity contribution in [2.75, 3.05) is 19.7 Å². The number of aliphatic hydroxyl groups is 1. The van der Waals surface area contributed by atoms with Crippen LogP contribution >= 0.6 is 11.6 Å². The number of halogens is 2. The minimum absolute atomic E-state index is 0.229. The average Bonchev–Trinajstić information content (AvgIpc) is 2.68. The second-order valence-corrected chi connectivity index (χ2v) is 7.71. The summed E-state index contributed by atoms with van der Waals surface area (Å²) in [5.41, 5.74) is 3.50. The maximum atomic E-state index is 13.7. The lowest BCUT2D eigenvalue weighted by atomic mass is 9.97. The molecule has 1 aliphatic heterocycles. The fourth-order valence-electron chi connectivity index (χ4n) is 3.88. The lowest BCUT2D eigenvalue weighted by Gasteiger charge is -2.32. The van der Waals surface area contributed by atoms with Crippen molar-refractivity contribution in [3.63, 3.8) is 0 Å². The smallest absolute Gasteiger partial charge is 0.125 e. The second-order valence-electron chi connectivity index (χ2n) is 7.27. The number of likely N-dealkylation sites (tertiary alicyclic amines) is 1. The molecule has 1 atom stereocenters. The molecule has 0 radical (unpaired) electrons. The zero-order valence-corrected chi connectivity index (χ0v) is 15.8. The third-order valence-corrected chi connectivity index (χ3v) is 5.45. The number of aromatic nitrogens is 1. The predicted octanol–water partition coefficient (Wildman–Crippen LogP) is 4.90. The first-order valence-electron chi connectivity index (χ1n) is 9.31. The lowest BCUT2D eigenvalue weighted by molar-refractivity contribution is 0.116. The van der Waals surface area contributed by atoms with Gasteiger partial charge >= 0.3 is 0 Å². The van der Waals surface area contributed by atoms with E-state index in [1.807, 2.05) is 24.3 Å². The van der Waals surface area contributed by atoms with Gasteiger partial charge in [-0.3, -0.25) is 4.90 Å². The largest absolute Gasteiger partial charge is 0.396 e. The highest BCUT2D eigenvalue weighted by Gasteiger charge is 2.21. The Balaban J connectivity index is 1.77. The molecule has 0 spiro atoms. The van der Waals surface area contributed by atoms with Gasteiger partial charge in [0.15, 0.2) is 0 Å². The Morgan fingerprint density at radius 1 is 1.19 bits per heavy atom. The molecule has 1 fully saturated rings. The number of nitrogens with zero attached hydrogens (tertiary/aromatic N) is 2. The van der Waals surface area contributed by atoms with Crippen LogP contribution in [-0.2, 0) is 6.54 Å². The molecule has 0 amide bonds. The van der Waals surface area contributed by atoms with Crippen LogP contribution in [0.1, 0.15) is 18.4 Å². The van der Waals surface area contributed by atoms with Crippen molar-refractivity contribution in [3.8, 4) is 11.3 Å². The monoisotopic (exact) mass is 384 g/mol. The van der Waals surface area contributed by atoms with E-state index in [1.54, 1.807) is 6.07 Å². The Bertz CT molecular complexity index is 962. The fourth-order valence-corrected chi connectivity index (χ4v) is 4.07. The zero-order chi connectivity index (χ0) is 18.8. The fraction of sp³-hybridized carbons (Fsp3) is 0.318. The van der Waals surface area contributed by atoms with Gasteiger partial charge in [-0.15, -0.1) is 0 Å². The third-order valence-electron chi connectivity index (χ3n) is 5.21. The summed E-state index contributed by atoms with van der Waals surface area (Å²) in [6.07, 6.45) is 2.16. The lowest BCUT2D eigenvalue weighted by Crippen LogP contribution is -2.36. The molecular formula is C22H22ClFN2O. The van der Waals surface area contributed by atoms with Crippen LogP contribution in [0, 0.1) is 11.7 Å². The molecular weight excluding hydrogens is 363 g/mol. The molecule has 0 saturated carbocycles. The molecule has 3 aromatic rings. The maximum absolute atomic E-state index is 13.7. The van der Waals surface area contributed by atoms with Crippen molar-refractivity contribution >= 4 is 22.5 Å². The van der Waals surface area contributed by atoms with Crippen molar-refractivity contribution in [1.82, 2.24) is 9.88 Å². The second kappa shape index (κ2) is 7.93. The Morgan fingerprint density at radius 2 is 2.07 bits per heavy atom. The van der Waals surface area contributed by atoms with E-state index in [9.17, 15) is 9.50 Å². The predicted molar refractivity (Wildman–Crippen MR) is 107 cm³/mol. The van der Waals surface area contributed by atoms with E-state index in [4.69, 9.17) is 16.6 Å². The third kappa shape index (κ3) is 4.13. The molecule has 0 aliphatic carbocycles. The topological polar surface area (TPSA) is 36.4 Å². The molecule has 5 heteroatoms. The highest BCUT2D eigenvalue weighted by Crippen LogP contribution is 2.30. The summed E-state index contributed by atoms with van der Waals surface area (Å²) in [5, 5.41) is 11.1. The summed E-state index contributed by atoms with van der Waals surface area (Å²) in [5.74, 6) is 0.0393. The number of benzene rings is 2. The summed E-state index contributed by atoms with van der Waals surface area (Å²) in [6.45, 7) is 2.87. The van der Waals surface area contributed by atoms with Crippen molar-refractivity contribution < 1.29 is 9.50 Å². The summed E-state index contributed by atoms with van der Waals surface area (Å²) >= 11 is 6.19. The van der Waals surface area contributed by atoms with Gasteiger partial charge in [0.2, 0.25) is 0 Å². The molecule has 1 aliphatic rings. The van der Waals surface area contributed by atoms with Crippen LogP contribution in [0.15, 0.2) is 48.5 Å². The number of pyridine rings is 1. The molecule has 27 heavy (non-hydrogen) atoms. The Kier molecular flexibility index (Phi) is 5.39. The molecule has 1 aromatic heterocycles. The van der Waals surface area contributed by atoms with Crippen LogP contribution in [0.5, 0.6) is 0 Å². The number of aliphatic hydroxyl groups excluding tert-OH is 1. The number of hydrogen-bond donors (Lipinski definition) is 1. The van der Waals surface area contributed by atoms with E-state index in [0.29, 0.717) is 16.5 Å². The minimum Gasteiger partial charge on any atom is -0.396 e. The quantitative estimate of drug-likeness (QED) is 0.695. The van der Waals surface area contributed by atoms with Crippen LogP contribution in [-0.4, -0.2) is 34.7 Å². The standard InChI is InChI=1S/C22H22ClFN2O/c23-19-5-1-4-17(10-19)22-18(13-26-8-2-3-15(12-26)14-27)9-16-6-7-20(24)11-21(16)25-22/h1,4-7,9-11,15,27H,2-3,8,12-14H2/t15-/m1/s1. The van der Waals surface area contributed by atoms with Gasteiger partial charge in [0.05, 0.1) is 11.2 Å². The molecule has 140 valence electrons. The zero-order valence-electron chi connectivity index (χ0n) is 15.0. The van der Waals surface area contributed by atoms with Gasteiger partial charge in [-0.25, -0.2) is 9.37 Å². The van der Waals surface area contributed by atoms with Crippen LogP contribution in [0.4, 0.5) is 4.39 Å². The molecule has 0 bridgehead atoms. The Morgan fingerprint density at radius 3 is 2.89 bits per heavy atom. The SMILES string of the molecule is OC[C@@H]1CCCN(Cc2cc3ccc(F)cc3nc2-c2cccc(Cl)c2)C1. The van der Waals surface area contributed by atoms with E-state index < -0.39 is 0 Å². The molecule has 1 saturated heterocycles. The molecule has 2 heterocycles. The highest BCUT2D eigenvalue weighted by atomic mass is 35.5. The Labute approximate surface area is 163 Å². The van der Waals surface area contributed by atoms with Gasteiger partial charge < -0.3 is 5.11 Å². The minimum atomic E-state index is -0.290. The van der Waals surface area contributed by atoms with E-state index in [2.05, 4.69) is 11.0 Å². The van der Waals surface area contributed by atoms with Crippen LogP contribution in [0.2, 0.25) is 5.02 Å². The number of hydrogen-bond acceptors (Lipinski definition) is 3. The van der Waals surface area contributed by atoms with Crippen molar-refractivity contribution in [1.29, 1.82) is 0 Å². The van der Waals surface area contributed by atoms with Gasteiger partial charge in [0, 0.05) is 41.7 Å². The van der Waals surface area contributed by atoms with Crippen LogP contribution < -0.4 is 0 Å². The van der Waals surface area contributed by atoms with E-state index in [0.717, 1.165) is 54.7 Å². The molecule has 2 aromatic carbocycles. The van der Waals surface area contributed by atoms with Gasteiger partial charge in [0.25, 0.3) is 0 Å². The van der Waals surface area contributed by atoms with Crippen LogP contribution in [0.3, 0.4) is 0 Å². The van der Waals surface area contributed by atoms with Crippen LogP contribution in [0.25, 0.3) is 22.2 Å².